The minimum Gasteiger partial charge on any atom is -0.466 e. The van der Waals surface area contributed by atoms with Crippen molar-refractivity contribution >= 4 is 29.2 Å². The Hall–Kier alpha value is -0.210. The molecular weight excluding hydrogens is 247 g/mol. The van der Waals surface area contributed by atoms with Gasteiger partial charge in [0.25, 0.3) is 0 Å². The Labute approximate surface area is 107 Å². The molecule has 1 saturated carbocycles. The van der Waals surface area contributed by atoms with E-state index in [0.717, 1.165) is 6.42 Å². The second kappa shape index (κ2) is 4.58. The molecule has 0 spiro atoms. The number of hydrogen-bond donors (Lipinski definition) is 0. The highest BCUT2D eigenvalue weighted by molar-refractivity contribution is 6.55. The van der Waals surface area contributed by atoms with Gasteiger partial charge in [-0.3, -0.25) is 4.79 Å². The summed E-state index contributed by atoms with van der Waals surface area (Å²) in [6.07, 6.45) is 2.49. The molecule has 0 N–H and O–H groups in total. The molecule has 0 aromatic carbocycles. The molecule has 92 valence electrons. The molecule has 1 aliphatic rings. The van der Waals surface area contributed by atoms with Crippen molar-refractivity contribution in [1.82, 2.24) is 0 Å². The van der Waals surface area contributed by atoms with Gasteiger partial charge in [-0.15, -0.1) is 0 Å². The normalized spacial score (nSPS) is 30.8. The van der Waals surface area contributed by atoms with E-state index < -0.39 is 5.41 Å². The highest BCUT2D eigenvalue weighted by Gasteiger charge is 2.74. The van der Waals surface area contributed by atoms with Crippen LogP contribution >= 0.6 is 23.2 Å². The maximum Gasteiger partial charge on any atom is 0.313 e. The molecule has 0 aliphatic heterocycles. The highest BCUT2D eigenvalue weighted by atomic mass is 35.5. The van der Waals surface area contributed by atoms with E-state index in [2.05, 4.69) is 0 Å². The Morgan fingerprint density at radius 3 is 2.31 bits per heavy atom. The Morgan fingerprint density at radius 2 is 1.94 bits per heavy atom. The van der Waals surface area contributed by atoms with Gasteiger partial charge in [-0.25, -0.2) is 0 Å². The summed E-state index contributed by atoms with van der Waals surface area (Å²) in [6, 6.07) is 0. The fraction of sp³-hybridized carbons (Fsp3) is 0.750. The summed E-state index contributed by atoms with van der Waals surface area (Å²) in [5, 5.41) is 0. The average molecular weight is 265 g/mol. The quantitative estimate of drug-likeness (QED) is 0.720. The summed E-state index contributed by atoms with van der Waals surface area (Å²) in [6.45, 7) is 8.31. The SMILES string of the molecule is CCOC(=O)C1(CC)C(C=C(Cl)Cl)C1(C)C. The van der Waals surface area contributed by atoms with Gasteiger partial charge in [0.15, 0.2) is 0 Å². The number of allylic oxidation sites excluding steroid dienone is 1. The topological polar surface area (TPSA) is 26.3 Å². The zero-order valence-electron chi connectivity index (χ0n) is 10.1. The van der Waals surface area contributed by atoms with E-state index in [1.165, 1.54) is 0 Å². The highest BCUT2D eigenvalue weighted by Crippen LogP contribution is 2.72. The van der Waals surface area contributed by atoms with Crippen molar-refractivity contribution in [1.29, 1.82) is 0 Å². The Kier molecular flexibility index (Phi) is 3.96. The Balaban J connectivity index is 2.99. The van der Waals surface area contributed by atoms with Gasteiger partial charge < -0.3 is 4.74 Å². The number of carbonyl (C=O) groups is 1. The van der Waals surface area contributed by atoms with Crippen molar-refractivity contribution in [3.63, 3.8) is 0 Å². The summed E-state index contributed by atoms with van der Waals surface area (Å²) in [4.78, 5) is 12.0. The van der Waals surface area contributed by atoms with Crippen LogP contribution in [0.15, 0.2) is 10.6 Å². The Bertz CT molecular complexity index is 319. The van der Waals surface area contributed by atoms with Crippen molar-refractivity contribution in [2.24, 2.45) is 16.7 Å². The van der Waals surface area contributed by atoms with Crippen LogP contribution in [0.2, 0.25) is 0 Å². The number of hydrogen-bond acceptors (Lipinski definition) is 2. The van der Waals surface area contributed by atoms with Gasteiger partial charge in [-0.1, -0.05) is 44.0 Å². The summed E-state index contributed by atoms with van der Waals surface area (Å²) < 4.78 is 5.37. The molecule has 0 aromatic heterocycles. The predicted octanol–water partition coefficient (Wildman–Crippen LogP) is 3.92. The van der Waals surface area contributed by atoms with Gasteiger partial charge in [-0.05, 0) is 24.8 Å². The van der Waals surface area contributed by atoms with Gasteiger partial charge >= 0.3 is 5.97 Å². The first-order valence-corrected chi connectivity index (χ1v) is 6.30. The first-order chi connectivity index (χ1) is 7.34. The standard InChI is InChI=1S/C12H18Cl2O2/c1-5-12(10(15)16-6-2)8(7-9(13)14)11(12,3)4/h7-8H,5-6H2,1-4H3. The fourth-order valence-electron chi connectivity index (χ4n) is 2.84. The van der Waals surface area contributed by atoms with Crippen LogP contribution in [-0.2, 0) is 9.53 Å². The summed E-state index contributed by atoms with van der Waals surface area (Å²) in [5.41, 5.74) is -0.596. The maximum atomic E-state index is 12.0. The van der Waals surface area contributed by atoms with Crippen molar-refractivity contribution in [2.75, 3.05) is 6.61 Å². The molecule has 0 heterocycles. The zero-order chi connectivity index (χ0) is 12.6. The van der Waals surface area contributed by atoms with Gasteiger partial charge in [0.1, 0.15) is 4.49 Å². The van der Waals surface area contributed by atoms with Crippen molar-refractivity contribution in [2.45, 2.75) is 34.1 Å². The van der Waals surface area contributed by atoms with Crippen molar-refractivity contribution in [3.8, 4) is 0 Å². The summed E-state index contributed by atoms with van der Waals surface area (Å²) in [5.74, 6) is -0.0765. The van der Waals surface area contributed by atoms with Crippen LogP contribution in [0.1, 0.15) is 34.1 Å². The van der Waals surface area contributed by atoms with Gasteiger partial charge in [0.2, 0.25) is 0 Å². The van der Waals surface area contributed by atoms with Crippen molar-refractivity contribution in [3.05, 3.63) is 10.6 Å². The lowest BCUT2D eigenvalue weighted by molar-refractivity contribution is -0.151. The van der Waals surface area contributed by atoms with Crippen LogP contribution in [0, 0.1) is 16.7 Å². The molecular formula is C12H18Cl2O2. The first-order valence-electron chi connectivity index (χ1n) is 5.54. The second-order valence-electron chi connectivity index (χ2n) is 4.70. The molecule has 0 radical (unpaired) electrons. The smallest absolute Gasteiger partial charge is 0.313 e. The molecule has 1 rings (SSSR count). The largest absolute Gasteiger partial charge is 0.466 e. The molecule has 0 saturated heterocycles. The number of carbonyl (C=O) groups excluding carboxylic acids is 1. The van der Waals surface area contributed by atoms with E-state index in [1.54, 1.807) is 6.08 Å². The van der Waals surface area contributed by atoms with E-state index in [4.69, 9.17) is 27.9 Å². The molecule has 4 heteroatoms. The third-order valence-electron chi connectivity index (χ3n) is 3.86. The fourth-order valence-corrected chi connectivity index (χ4v) is 3.09. The lowest BCUT2D eigenvalue weighted by Crippen LogP contribution is -2.24. The van der Waals surface area contributed by atoms with Gasteiger partial charge in [-0.2, -0.15) is 0 Å². The maximum absolute atomic E-state index is 12.0. The van der Waals surface area contributed by atoms with Crippen LogP contribution in [0.25, 0.3) is 0 Å². The molecule has 2 atom stereocenters. The molecule has 16 heavy (non-hydrogen) atoms. The van der Waals surface area contributed by atoms with Crippen LogP contribution < -0.4 is 0 Å². The molecule has 1 aliphatic carbocycles. The predicted molar refractivity (Wildman–Crippen MR) is 66.4 cm³/mol. The zero-order valence-corrected chi connectivity index (χ0v) is 11.7. The average Bonchev–Trinajstić information content (AvgIpc) is 2.63. The number of halogens is 2. The van der Waals surface area contributed by atoms with E-state index in [0.29, 0.717) is 6.61 Å². The van der Waals surface area contributed by atoms with Crippen molar-refractivity contribution < 1.29 is 9.53 Å². The van der Waals surface area contributed by atoms with E-state index >= 15 is 0 Å². The number of rotatable bonds is 4. The number of esters is 1. The van der Waals surface area contributed by atoms with Gasteiger partial charge in [0, 0.05) is 5.92 Å². The van der Waals surface area contributed by atoms with Gasteiger partial charge in [0.05, 0.1) is 12.0 Å². The lowest BCUT2D eigenvalue weighted by Gasteiger charge is -2.16. The number of ether oxygens (including phenoxy) is 1. The first kappa shape index (κ1) is 13.9. The molecule has 2 unspecified atom stereocenters. The molecule has 0 amide bonds. The monoisotopic (exact) mass is 264 g/mol. The van der Waals surface area contributed by atoms with E-state index in [-0.39, 0.29) is 21.8 Å². The van der Waals surface area contributed by atoms with Crippen LogP contribution in [0.3, 0.4) is 0 Å². The van der Waals surface area contributed by atoms with Crippen LogP contribution in [0.4, 0.5) is 0 Å². The van der Waals surface area contributed by atoms with E-state index in [1.807, 2.05) is 27.7 Å². The third kappa shape index (κ3) is 1.86. The Morgan fingerprint density at radius 1 is 1.38 bits per heavy atom. The summed E-state index contributed by atoms with van der Waals surface area (Å²) in [7, 11) is 0. The van der Waals surface area contributed by atoms with Crippen LogP contribution in [0.5, 0.6) is 0 Å². The van der Waals surface area contributed by atoms with E-state index in [9.17, 15) is 4.79 Å². The molecule has 2 nitrogen and oxygen atoms in total. The minimum atomic E-state index is -0.460. The minimum absolute atomic E-state index is 0.0639. The molecule has 0 bridgehead atoms. The third-order valence-corrected chi connectivity index (χ3v) is 4.12. The van der Waals surface area contributed by atoms with Crippen LogP contribution in [-0.4, -0.2) is 12.6 Å². The lowest BCUT2D eigenvalue weighted by atomic mass is 9.93. The molecule has 1 fully saturated rings. The summed E-state index contributed by atoms with van der Waals surface area (Å²) >= 11 is 11.4. The molecule has 0 aromatic rings. The second-order valence-corrected chi connectivity index (χ2v) is 5.71.